The zero-order chi connectivity index (χ0) is 23.4. The number of alkyl halides is 2. The summed E-state index contributed by atoms with van der Waals surface area (Å²) in [6.45, 7) is 3.24. The molecule has 3 rings (SSSR count). The highest BCUT2D eigenvalue weighted by atomic mass is 35.5. The van der Waals surface area contributed by atoms with Crippen LogP contribution in [0.25, 0.3) is 11.0 Å². The molecule has 10 heteroatoms. The monoisotopic (exact) mass is 476 g/mol. The molecule has 178 valence electrons. The Labute approximate surface area is 190 Å². The standard InChI is InChI=1S/C22H28ClF3N2O4/c1-12(8-13(2)29)10-30-14-4-6-15(7-5-14)32-22-27-20-16(24)9-17(31-11-18(25)26)19(23)21(20)28(22)3/h9,12,14-15,18H,4-8,10-11H2,1-3H3/t12-,14?,15?/m1/s1. The highest BCUT2D eigenvalue weighted by Crippen LogP contribution is 2.37. The maximum Gasteiger partial charge on any atom is 0.297 e. The summed E-state index contributed by atoms with van der Waals surface area (Å²) in [6.07, 6.45) is 0.917. The fourth-order valence-electron chi connectivity index (χ4n) is 3.94. The van der Waals surface area contributed by atoms with Gasteiger partial charge in [0.2, 0.25) is 0 Å². The van der Waals surface area contributed by atoms with Crippen LogP contribution in [0.15, 0.2) is 6.07 Å². The maximum absolute atomic E-state index is 14.5. The zero-order valence-corrected chi connectivity index (χ0v) is 19.1. The lowest BCUT2D eigenvalue weighted by molar-refractivity contribution is -0.118. The Morgan fingerprint density at radius 1 is 1.25 bits per heavy atom. The average molecular weight is 477 g/mol. The zero-order valence-electron chi connectivity index (χ0n) is 18.4. The Morgan fingerprint density at radius 2 is 1.91 bits per heavy atom. The molecule has 1 fully saturated rings. The van der Waals surface area contributed by atoms with Crippen LogP contribution in [-0.2, 0) is 16.6 Å². The number of ether oxygens (including phenoxy) is 3. The van der Waals surface area contributed by atoms with E-state index in [0.717, 1.165) is 31.7 Å². The van der Waals surface area contributed by atoms with Crippen molar-refractivity contribution >= 4 is 28.4 Å². The SMILES string of the molecule is CC(=O)C[C@@H](C)COC1CCC(Oc2nc3c(F)cc(OCC(F)F)c(Cl)c3n2C)CC1. The van der Waals surface area contributed by atoms with Gasteiger partial charge in [-0.2, -0.15) is 4.98 Å². The van der Waals surface area contributed by atoms with Gasteiger partial charge in [0.1, 0.15) is 34.8 Å². The Morgan fingerprint density at radius 3 is 2.53 bits per heavy atom. The van der Waals surface area contributed by atoms with Crippen molar-refractivity contribution in [1.82, 2.24) is 9.55 Å². The number of imidazole rings is 1. The Balaban J connectivity index is 1.62. The van der Waals surface area contributed by atoms with Crippen LogP contribution in [0, 0.1) is 11.7 Å². The van der Waals surface area contributed by atoms with Gasteiger partial charge in [-0.05, 0) is 38.5 Å². The number of benzene rings is 1. The van der Waals surface area contributed by atoms with E-state index in [1.54, 1.807) is 14.0 Å². The summed E-state index contributed by atoms with van der Waals surface area (Å²) in [7, 11) is 1.62. The second-order valence-corrected chi connectivity index (χ2v) is 8.76. The number of rotatable bonds is 10. The first kappa shape index (κ1) is 24.6. The number of Topliss-reactive ketones (excluding diaryl/α,β-unsaturated/α-hetero) is 1. The first-order valence-electron chi connectivity index (χ1n) is 10.7. The summed E-state index contributed by atoms with van der Waals surface area (Å²) in [5.41, 5.74) is 0.218. The van der Waals surface area contributed by atoms with E-state index in [1.807, 2.05) is 6.92 Å². The van der Waals surface area contributed by atoms with Crippen molar-refractivity contribution in [2.75, 3.05) is 13.2 Å². The molecule has 0 spiro atoms. The van der Waals surface area contributed by atoms with E-state index in [2.05, 4.69) is 4.98 Å². The van der Waals surface area contributed by atoms with Crippen LogP contribution < -0.4 is 9.47 Å². The number of aromatic nitrogens is 2. The minimum Gasteiger partial charge on any atom is -0.486 e. The molecule has 1 aliphatic rings. The summed E-state index contributed by atoms with van der Waals surface area (Å²) in [4.78, 5) is 15.4. The molecular formula is C22H28ClF3N2O4. The van der Waals surface area contributed by atoms with E-state index in [-0.39, 0.29) is 51.7 Å². The molecule has 0 radical (unpaired) electrons. The molecule has 0 unspecified atom stereocenters. The third-order valence-corrected chi connectivity index (χ3v) is 5.84. The lowest BCUT2D eigenvalue weighted by atomic mass is 9.95. The van der Waals surface area contributed by atoms with Crippen molar-refractivity contribution in [2.24, 2.45) is 13.0 Å². The van der Waals surface area contributed by atoms with E-state index in [0.29, 0.717) is 13.0 Å². The Hall–Kier alpha value is -2.00. The molecule has 1 aromatic heterocycles. The first-order chi connectivity index (χ1) is 15.2. The highest BCUT2D eigenvalue weighted by molar-refractivity contribution is 6.36. The van der Waals surface area contributed by atoms with Gasteiger partial charge in [-0.25, -0.2) is 13.2 Å². The number of hydrogen-bond acceptors (Lipinski definition) is 5. The van der Waals surface area contributed by atoms with Gasteiger partial charge in [-0.15, -0.1) is 0 Å². The summed E-state index contributed by atoms with van der Waals surface area (Å²) in [6, 6.07) is 1.16. The van der Waals surface area contributed by atoms with Crippen LogP contribution in [0.3, 0.4) is 0 Å². The minimum atomic E-state index is -2.70. The molecule has 32 heavy (non-hydrogen) atoms. The van der Waals surface area contributed by atoms with Gasteiger partial charge in [-0.1, -0.05) is 18.5 Å². The lowest BCUT2D eigenvalue weighted by Crippen LogP contribution is -2.30. The van der Waals surface area contributed by atoms with E-state index in [4.69, 9.17) is 25.8 Å². The molecule has 1 saturated carbocycles. The smallest absolute Gasteiger partial charge is 0.297 e. The molecule has 6 nitrogen and oxygen atoms in total. The van der Waals surface area contributed by atoms with Crippen molar-refractivity contribution in [3.05, 3.63) is 16.9 Å². The normalized spacial score (nSPS) is 20.0. The molecule has 0 N–H and O–H groups in total. The lowest BCUT2D eigenvalue weighted by Gasteiger charge is -2.29. The number of aryl methyl sites for hydroxylation is 1. The molecule has 1 aliphatic carbocycles. The topological polar surface area (TPSA) is 62.6 Å². The van der Waals surface area contributed by atoms with Crippen molar-refractivity contribution in [2.45, 2.75) is 64.6 Å². The maximum atomic E-state index is 14.5. The number of carbonyl (C=O) groups is 1. The molecule has 0 bridgehead atoms. The average Bonchev–Trinajstić information content (AvgIpc) is 3.05. The summed E-state index contributed by atoms with van der Waals surface area (Å²) >= 11 is 6.28. The van der Waals surface area contributed by atoms with Crippen molar-refractivity contribution in [1.29, 1.82) is 0 Å². The number of ketones is 1. The third kappa shape index (κ3) is 6.07. The Bertz CT molecular complexity index is 945. The van der Waals surface area contributed by atoms with Crippen LogP contribution in [0.5, 0.6) is 11.8 Å². The van der Waals surface area contributed by atoms with Gasteiger partial charge in [0.25, 0.3) is 12.4 Å². The van der Waals surface area contributed by atoms with Crippen LogP contribution in [-0.4, -0.2) is 47.2 Å². The molecule has 0 saturated heterocycles. The summed E-state index contributed by atoms with van der Waals surface area (Å²) in [5, 5.41) is 0.00342. The predicted molar refractivity (Wildman–Crippen MR) is 114 cm³/mol. The number of carbonyl (C=O) groups excluding carboxylic acids is 1. The van der Waals surface area contributed by atoms with E-state index in [9.17, 15) is 18.0 Å². The molecule has 0 amide bonds. The van der Waals surface area contributed by atoms with Gasteiger partial charge in [0, 0.05) is 26.1 Å². The van der Waals surface area contributed by atoms with Crippen molar-refractivity contribution < 1.29 is 32.2 Å². The fraction of sp³-hybridized carbons (Fsp3) is 0.636. The number of fused-ring (bicyclic) bond motifs is 1. The van der Waals surface area contributed by atoms with E-state index < -0.39 is 18.8 Å². The first-order valence-corrected chi connectivity index (χ1v) is 11.1. The summed E-state index contributed by atoms with van der Waals surface area (Å²) in [5.74, 6) is -0.542. The highest BCUT2D eigenvalue weighted by Gasteiger charge is 2.26. The summed E-state index contributed by atoms with van der Waals surface area (Å²) < 4.78 is 57.8. The van der Waals surface area contributed by atoms with Crippen molar-refractivity contribution in [3.8, 4) is 11.8 Å². The molecule has 1 atom stereocenters. The Kier molecular flexibility index (Phi) is 8.27. The number of halogens is 4. The molecule has 1 aromatic carbocycles. The molecule has 0 aliphatic heterocycles. The predicted octanol–water partition coefficient (Wildman–Crippen LogP) is 5.33. The number of hydrogen-bond donors (Lipinski definition) is 0. The molecular weight excluding hydrogens is 449 g/mol. The second-order valence-electron chi connectivity index (χ2n) is 8.38. The number of nitrogens with zero attached hydrogens (tertiary/aromatic N) is 2. The van der Waals surface area contributed by atoms with Crippen LogP contribution in [0.1, 0.15) is 46.0 Å². The largest absolute Gasteiger partial charge is 0.486 e. The third-order valence-electron chi connectivity index (χ3n) is 5.47. The van der Waals surface area contributed by atoms with Gasteiger partial charge in [0.15, 0.2) is 5.82 Å². The fourth-order valence-corrected chi connectivity index (χ4v) is 4.26. The molecule has 2 aromatic rings. The van der Waals surface area contributed by atoms with Crippen LogP contribution in [0.4, 0.5) is 13.2 Å². The van der Waals surface area contributed by atoms with Gasteiger partial charge >= 0.3 is 0 Å². The van der Waals surface area contributed by atoms with Crippen LogP contribution >= 0.6 is 11.6 Å². The van der Waals surface area contributed by atoms with E-state index >= 15 is 0 Å². The van der Waals surface area contributed by atoms with Gasteiger partial charge < -0.3 is 19.0 Å². The van der Waals surface area contributed by atoms with E-state index in [1.165, 1.54) is 4.57 Å². The van der Waals surface area contributed by atoms with Gasteiger partial charge in [-0.3, -0.25) is 4.57 Å². The van der Waals surface area contributed by atoms with Crippen molar-refractivity contribution in [3.63, 3.8) is 0 Å². The second kappa shape index (κ2) is 10.7. The minimum absolute atomic E-state index is 0.00342. The van der Waals surface area contributed by atoms with Gasteiger partial charge in [0.05, 0.1) is 11.6 Å². The molecule has 1 heterocycles. The quantitative estimate of drug-likeness (QED) is 0.463. The van der Waals surface area contributed by atoms with Crippen LogP contribution in [0.2, 0.25) is 5.02 Å².